The Morgan fingerprint density at radius 2 is 2.10 bits per heavy atom. The van der Waals surface area contributed by atoms with Gasteiger partial charge in [-0.05, 0) is 37.5 Å². The number of phenolic OH excluding ortho intramolecular Hbond substituents is 1. The molecule has 112 valence electrons. The molecule has 0 unspecified atom stereocenters. The predicted molar refractivity (Wildman–Crippen MR) is 81.7 cm³/mol. The number of phenols is 1. The predicted octanol–water partition coefficient (Wildman–Crippen LogP) is 2.74. The van der Waals surface area contributed by atoms with Crippen molar-refractivity contribution in [3.63, 3.8) is 0 Å². The number of aromatic hydroxyl groups is 1. The maximum Gasteiger partial charge on any atom is 0.251 e. The van der Waals surface area contributed by atoms with Gasteiger partial charge in [0.15, 0.2) is 11.5 Å². The largest absolute Gasteiger partial charge is 0.504 e. The van der Waals surface area contributed by atoms with Crippen molar-refractivity contribution in [1.29, 1.82) is 0 Å². The van der Waals surface area contributed by atoms with E-state index in [1.54, 1.807) is 12.1 Å². The Morgan fingerprint density at radius 1 is 1.33 bits per heavy atom. The third-order valence-corrected chi connectivity index (χ3v) is 2.95. The van der Waals surface area contributed by atoms with Crippen molar-refractivity contribution < 1.29 is 9.84 Å². The highest BCUT2D eigenvalue weighted by atomic mass is 16.5. The fourth-order valence-electron chi connectivity index (χ4n) is 2.10. The van der Waals surface area contributed by atoms with Crippen molar-refractivity contribution >= 4 is 0 Å². The van der Waals surface area contributed by atoms with Crippen LogP contribution >= 0.6 is 0 Å². The second kappa shape index (κ2) is 6.43. The van der Waals surface area contributed by atoms with E-state index in [-0.39, 0.29) is 11.3 Å². The van der Waals surface area contributed by atoms with Crippen molar-refractivity contribution in [2.75, 3.05) is 6.61 Å². The van der Waals surface area contributed by atoms with Crippen LogP contribution in [0, 0.1) is 5.92 Å². The number of aromatic nitrogens is 2. The molecule has 0 bridgehead atoms. The van der Waals surface area contributed by atoms with Crippen molar-refractivity contribution in [3.8, 4) is 22.9 Å². The number of nitrogens with one attached hydrogen (secondary N) is 1. The lowest BCUT2D eigenvalue weighted by molar-refractivity contribution is 0.318. The second-order valence-corrected chi connectivity index (χ2v) is 5.30. The molecule has 0 atom stereocenters. The molecule has 1 aromatic carbocycles. The molecule has 2 N–H and O–H groups in total. The lowest BCUT2D eigenvalue weighted by atomic mass is 10.1. The molecule has 0 spiro atoms. The first kappa shape index (κ1) is 15.1. The van der Waals surface area contributed by atoms with E-state index in [9.17, 15) is 9.90 Å². The number of hydrogen-bond donors (Lipinski definition) is 2. The number of ether oxygens (including phenoxy) is 1. The van der Waals surface area contributed by atoms with Gasteiger partial charge in [-0.25, -0.2) is 4.98 Å². The molecular weight excluding hydrogens is 268 g/mol. The van der Waals surface area contributed by atoms with Gasteiger partial charge in [-0.2, -0.15) is 0 Å². The summed E-state index contributed by atoms with van der Waals surface area (Å²) >= 11 is 0. The molecule has 0 aliphatic carbocycles. The van der Waals surface area contributed by atoms with Crippen LogP contribution in [0.3, 0.4) is 0 Å². The van der Waals surface area contributed by atoms with Gasteiger partial charge in [0, 0.05) is 17.3 Å². The maximum absolute atomic E-state index is 11.8. The first-order valence-electron chi connectivity index (χ1n) is 7.06. The molecule has 0 amide bonds. The highest BCUT2D eigenvalue weighted by Gasteiger charge is 2.09. The summed E-state index contributed by atoms with van der Waals surface area (Å²) < 4.78 is 5.35. The summed E-state index contributed by atoms with van der Waals surface area (Å²) in [5, 5.41) is 9.72. The quantitative estimate of drug-likeness (QED) is 0.887. The molecule has 0 aliphatic rings. The molecule has 21 heavy (non-hydrogen) atoms. The Bertz CT molecular complexity index is 677. The molecular formula is C16H20N2O3. The van der Waals surface area contributed by atoms with Gasteiger partial charge in [0.2, 0.25) is 0 Å². The van der Waals surface area contributed by atoms with Crippen LogP contribution in [0.15, 0.2) is 29.1 Å². The maximum atomic E-state index is 11.8. The lowest BCUT2D eigenvalue weighted by Gasteiger charge is -2.09. The summed E-state index contributed by atoms with van der Waals surface area (Å²) in [4.78, 5) is 19.0. The number of aromatic amines is 1. The van der Waals surface area contributed by atoms with E-state index >= 15 is 0 Å². The third kappa shape index (κ3) is 3.84. The Kier molecular flexibility index (Phi) is 4.62. The zero-order chi connectivity index (χ0) is 15.4. The minimum Gasteiger partial charge on any atom is -0.504 e. The van der Waals surface area contributed by atoms with Crippen molar-refractivity contribution in [3.05, 3.63) is 40.3 Å². The van der Waals surface area contributed by atoms with Gasteiger partial charge in [0.1, 0.15) is 5.82 Å². The van der Waals surface area contributed by atoms with Gasteiger partial charge in [0.05, 0.1) is 6.61 Å². The topological polar surface area (TPSA) is 75.2 Å². The molecule has 2 aromatic rings. The fourth-order valence-corrected chi connectivity index (χ4v) is 2.10. The first-order valence-corrected chi connectivity index (χ1v) is 7.06. The fraction of sp³-hybridized carbons (Fsp3) is 0.375. The summed E-state index contributed by atoms with van der Waals surface area (Å²) in [6.45, 7) is 6.45. The van der Waals surface area contributed by atoms with Crippen LogP contribution in [0.25, 0.3) is 11.4 Å². The zero-order valence-corrected chi connectivity index (χ0v) is 12.5. The molecule has 0 fully saturated rings. The van der Waals surface area contributed by atoms with Gasteiger partial charge < -0.3 is 14.8 Å². The molecule has 2 rings (SSSR count). The van der Waals surface area contributed by atoms with E-state index in [1.807, 2.05) is 6.92 Å². The summed E-state index contributed by atoms with van der Waals surface area (Å²) in [7, 11) is 0. The minimum atomic E-state index is -0.179. The van der Waals surface area contributed by atoms with Gasteiger partial charge >= 0.3 is 0 Å². The first-order chi connectivity index (χ1) is 9.99. The number of rotatable bonds is 5. The highest BCUT2D eigenvalue weighted by molar-refractivity contribution is 5.60. The Balaban J connectivity index is 2.43. The molecule has 0 saturated heterocycles. The number of benzene rings is 1. The van der Waals surface area contributed by atoms with Crippen LogP contribution in [0.1, 0.15) is 26.5 Å². The molecule has 1 aromatic heterocycles. The number of nitrogens with zero attached hydrogens (tertiary/aromatic N) is 1. The Hall–Kier alpha value is -2.30. The van der Waals surface area contributed by atoms with Gasteiger partial charge in [-0.3, -0.25) is 4.79 Å². The lowest BCUT2D eigenvalue weighted by Crippen LogP contribution is -2.11. The smallest absolute Gasteiger partial charge is 0.251 e. The second-order valence-electron chi connectivity index (χ2n) is 5.30. The molecule has 5 heteroatoms. The minimum absolute atomic E-state index is 0.0706. The van der Waals surface area contributed by atoms with Crippen LogP contribution in [-0.2, 0) is 6.42 Å². The van der Waals surface area contributed by atoms with Gasteiger partial charge in [0.25, 0.3) is 5.56 Å². The van der Waals surface area contributed by atoms with E-state index in [2.05, 4.69) is 23.8 Å². The average molecular weight is 288 g/mol. The number of hydrogen-bond acceptors (Lipinski definition) is 4. The molecule has 0 aliphatic heterocycles. The molecule has 0 saturated carbocycles. The van der Waals surface area contributed by atoms with E-state index in [0.29, 0.717) is 29.7 Å². The van der Waals surface area contributed by atoms with E-state index in [4.69, 9.17) is 4.74 Å². The normalized spacial score (nSPS) is 10.9. The Morgan fingerprint density at radius 3 is 2.76 bits per heavy atom. The standard InChI is InChI=1S/C16H20N2O3/c1-4-21-14-8-11(5-6-13(14)19)16-17-12(7-10(2)3)9-15(20)18-16/h5-6,8-10,19H,4,7H2,1-3H3,(H,17,18,20). The summed E-state index contributed by atoms with van der Waals surface area (Å²) in [5.74, 6) is 1.36. The monoisotopic (exact) mass is 288 g/mol. The van der Waals surface area contributed by atoms with Crippen molar-refractivity contribution in [2.45, 2.75) is 27.2 Å². The van der Waals surface area contributed by atoms with Crippen LogP contribution in [-0.4, -0.2) is 21.7 Å². The van der Waals surface area contributed by atoms with Crippen LogP contribution < -0.4 is 10.3 Å². The Labute approximate surface area is 123 Å². The van der Waals surface area contributed by atoms with Crippen LogP contribution in [0.2, 0.25) is 0 Å². The van der Waals surface area contributed by atoms with Crippen LogP contribution in [0.4, 0.5) is 0 Å². The summed E-state index contributed by atoms with van der Waals surface area (Å²) in [6, 6.07) is 6.44. The van der Waals surface area contributed by atoms with Crippen molar-refractivity contribution in [1.82, 2.24) is 9.97 Å². The van der Waals surface area contributed by atoms with E-state index < -0.39 is 0 Å². The molecule has 0 radical (unpaired) electrons. The summed E-state index contributed by atoms with van der Waals surface area (Å²) in [5.41, 5.74) is 1.29. The average Bonchev–Trinajstić information content (AvgIpc) is 2.40. The van der Waals surface area contributed by atoms with Gasteiger partial charge in [-0.1, -0.05) is 13.8 Å². The van der Waals surface area contributed by atoms with Gasteiger partial charge in [-0.15, -0.1) is 0 Å². The van der Waals surface area contributed by atoms with E-state index in [0.717, 1.165) is 12.1 Å². The molecule has 1 heterocycles. The SMILES string of the molecule is CCOc1cc(-c2nc(CC(C)C)cc(=O)[nH]2)ccc1O. The highest BCUT2D eigenvalue weighted by Crippen LogP contribution is 2.30. The van der Waals surface area contributed by atoms with Crippen molar-refractivity contribution in [2.24, 2.45) is 5.92 Å². The van der Waals surface area contributed by atoms with E-state index in [1.165, 1.54) is 12.1 Å². The number of H-pyrrole nitrogens is 1. The van der Waals surface area contributed by atoms with Crippen LogP contribution in [0.5, 0.6) is 11.5 Å². The molecule has 5 nitrogen and oxygen atoms in total. The third-order valence-electron chi connectivity index (χ3n) is 2.95. The zero-order valence-electron chi connectivity index (χ0n) is 12.5. The summed E-state index contributed by atoms with van der Waals surface area (Å²) in [6.07, 6.45) is 0.743.